The average molecular weight is 417 g/mol. The first-order valence-electron chi connectivity index (χ1n) is 12.6. The molecule has 0 saturated carbocycles. The smallest absolute Gasteiger partial charge is 0.0997 e. The van der Waals surface area contributed by atoms with Crippen molar-refractivity contribution < 1.29 is 0 Å². The Bertz CT molecular complexity index is 595. The fourth-order valence-corrected chi connectivity index (χ4v) is 4.80. The van der Waals surface area contributed by atoms with Gasteiger partial charge >= 0.3 is 0 Å². The molecule has 0 N–H and O–H groups in total. The van der Waals surface area contributed by atoms with Crippen molar-refractivity contribution in [3.63, 3.8) is 0 Å². The molecule has 2 nitrogen and oxygen atoms in total. The van der Waals surface area contributed by atoms with Gasteiger partial charge in [-0.1, -0.05) is 104 Å². The molecule has 0 aliphatic carbocycles. The van der Waals surface area contributed by atoms with Crippen molar-refractivity contribution in [1.82, 2.24) is 9.97 Å². The lowest BCUT2D eigenvalue weighted by Crippen LogP contribution is -2.02. The van der Waals surface area contributed by atoms with Crippen molar-refractivity contribution in [2.45, 2.75) is 129 Å². The molecule has 0 atom stereocenters. The molecular weight excluding hydrogens is 372 g/mol. The quantitative estimate of drug-likeness (QED) is 0.226. The fraction of sp³-hybridized carbons (Fsp3) is 0.769. The second kappa shape index (κ2) is 15.8. The van der Waals surface area contributed by atoms with Crippen molar-refractivity contribution >= 4 is 22.4 Å². The van der Waals surface area contributed by atoms with Crippen LogP contribution in [-0.2, 0) is 12.8 Å². The van der Waals surface area contributed by atoms with Crippen LogP contribution in [0.1, 0.15) is 128 Å². The molecule has 0 aliphatic rings. The van der Waals surface area contributed by atoms with E-state index in [2.05, 4.69) is 24.6 Å². The maximum absolute atomic E-state index is 4.99. The van der Waals surface area contributed by atoms with E-state index in [9.17, 15) is 0 Å². The van der Waals surface area contributed by atoms with E-state index in [0.29, 0.717) is 0 Å². The number of aromatic nitrogens is 2. The summed E-state index contributed by atoms with van der Waals surface area (Å²) in [4.78, 5) is 9.98. The lowest BCUT2D eigenvalue weighted by molar-refractivity contribution is 0.567. The van der Waals surface area contributed by atoms with E-state index in [0.717, 1.165) is 23.9 Å². The Kier molecular flexibility index (Phi) is 13.3. The number of aryl methyl sites for hydroxylation is 2. The first-order chi connectivity index (χ1) is 14.3. The van der Waals surface area contributed by atoms with E-state index in [1.807, 2.05) is 0 Å². The van der Waals surface area contributed by atoms with Gasteiger partial charge in [0.25, 0.3) is 0 Å². The van der Waals surface area contributed by atoms with Gasteiger partial charge in [0.05, 0.1) is 22.4 Å². The molecular formula is C26H44N2S. The average Bonchev–Trinajstić information content (AvgIpc) is 3.19. The molecule has 0 saturated heterocycles. The Morgan fingerprint density at radius 1 is 0.517 bits per heavy atom. The van der Waals surface area contributed by atoms with Crippen LogP contribution in [0.2, 0.25) is 0 Å². The number of rotatable bonds is 18. The summed E-state index contributed by atoms with van der Waals surface area (Å²) < 4.78 is 0. The highest BCUT2D eigenvalue weighted by Crippen LogP contribution is 2.21. The topological polar surface area (TPSA) is 25.8 Å². The molecule has 164 valence electrons. The van der Waals surface area contributed by atoms with Crippen molar-refractivity contribution in [1.29, 1.82) is 0 Å². The molecule has 2 heterocycles. The standard InChI is InChI=1S/C26H44N2S/c1-3-5-7-9-11-13-15-17-19-23-24(28-26-22-29-21-25(26)27-23)20-18-16-14-12-10-8-6-4-2/h21-22H,3-20H2,1-2H3. The Labute approximate surface area is 183 Å². The van der Waals surface area contributed by atoms with Crippen molar-refractivity contribution in [3.8, 4) is 0 Å². The second-order valence-corrected chi connectivity index (χ2v) is 9.45. The van der Waals surface area contributed by atoms with E-state index in [4.69, 9.17) is 9.97 Å². The third kappa shape index (κ3) is 10.1. The maximum atomic E-state index is 4.99. The summed E-state index contributed by atoms with van der Waals surface area (Å²) in [7, 11) is 0. The van der Waals surface area contributed by atoms with Gasteiger partial charge in [0.1, 0.15) is 0 Å². The summed E-state index contributed by atoms with van der Waals surface area (Å²) in [6.45, 7) is 4.58. The molecule has 0 radical (unpaired) electrons. The van der Waals surface area contributed by atoms with Crippen LogP contribution < -0.4 is 0 Å². The van der Waals surface area contributed by atoms with Gasteiger partial charge in [-0.05, 0) is 25.7 Å². The molecule has 0 aliphatic heterocycles. The predicted octanol–water partition coefficient (Wildman–Crippen LogP) is 9.06. The molecule has 0 unspecified atom stereocenters. The van der Waals surface area contributed by atoms with Crippen LogP contribution in [0, 0.1) is 0 Å². The minimum atomic E-state index is 1.10. The Hall–Kier alpha value is -0.960. The normalized spacial score (nSPS) is 11.5. The van der Waals surface area contributed by atoms with Gasteiger partial charge in [-0.2, -0.15) is 0 Å². The molecule has 0 amide bonds. The van der Waals surface area contributed by atoms with Crippen molar-refractivity contribution in [2.24, 2.45) is 0 Å². The summed E-state index contributed by atoms with van der Waals surface area (Å²) in [6.07, 6.45) is 24.1. The van der Waals surface area contributed by atoms with Gasteiger partial charge in [-0.25, -0.2) is 9.97 Å². The largest absolute Gasteiger partial charge is 0.248 e. The van der Waals surface area contributed by atoms with Crippen LogP contribution in [-0.4, -0.2) is 9.97 Å². The predicted molar refractivity (Wildman–Crippen MR) is 130 cm³/mol. The summed E-state index contributed by atoms with van der Waals surface area (Å²) in [5.41, 5.74) is 4.77. The van der Waals surface area contributed by atoms with Crippen LogP contribution in [0.15, 0.2) is 10.8 Å². The number of nitrogens with zero attached hydrogens (tertiary/aromatic N) is 2. The van der Waals surface area contributed by atoms with Crippen LogP contribution in [0.4, 0.5) is 0 Å². The number of fused-ring (bicyclic) bond motifs is 1. The maximum Gasteiger partial charge on any atom is 0.0997 e. The van der Waals surface area contributed by atoms with Gasteiger partial charge in [0, 0.05) is 10.8 Å². The van der Waals surface area contributed by atoms with Gasteiger partial charge in [-0.15, -0.1) is 11.3 Å². The van der Waals surface area contributed by atoms with E-state index < -0.39 is 0 Å². The highest BCUT2D eigenvalue weighted by Gasteiger charge is 2.09. The lowest BCUT2D eigenvalue weighted by atomic mass is 10.0. The third-order valence-electron chi connectivity index (χ3n) is 6.00. The molecule has 2 rings (SSSR count). The lowest BCUT2D eigenvalue weighted by Gasteiger charge is -2.09. The van der Waals surface area contributed by atoms with E-state index in [1.165, 1.54) is 114 Å². The Morgan fingerprint density at radius 2 is 0.862 bits per heavy atom. The van der Waals surface area contributed by atoms with E-state index >= 15 is 0 Å². The molecule has 0 spiro atoms. The molecule has 0 fully saturated rings. The van der Waals surface area contributed by atoms with Crippen LogP contribution in [0.5, 0.6) is 0 Å². The summed E-state index contributed by atoms with van der Waals surface area (Å²) in [6, 6.07) is 0. The molecule has 0 bridgehead atoms. The Morgan fingerprint density at radius 3 is 1.24 bits per heavy atom. The van der Waals surface area contributed by atoms with Gasteiger partial charge < -0.3 is 0 Å². The van der Waals surface area contributed by atoms with Crippen molar-refractivity contribution in [3.05, 3.63) is 22.1 Å². The zero-order valence-corrected chi connectivity index (χ0v) is 20.0. The second-order valence-electron chi connectivity index (χ2n) is 8.71. The molecule has 0 aromatic carbocycles. The molecule has 29 heavy (non-hydrogen) atoms. The zero-order valence-electron chi connectivity index (χ0n) is 19.2. The monoisotopic (exact) mass is 416 g/mol. The van der Waals surface area contributed by atoms with E-state index in [1.54, 1.807) is 11.3 Å². The molecule has 3 heteroatoms. The molecule has 2 aromatic heterocycles. The van der Waals surface area contributed by atoms with Crippen LogP contribution >= 0.6 is 11.3 Å². The van der Waals surface area contributed by atoms with Gasteiger partial charge in [0.15, 0.2) is 0 Å². The van der Waals surface area contributed by atoms with Crippen molar-refractivity contribution in [2.75, 3.05) is 0 Å². The number of hydrogen-bond acceptors (Lipinski definition) is 3. The van der Waals surface area contributed by atoms with E-state index in [-0.39, 0.29) is 0 Å². The highest BCUT2D eigenvalue weighted by molar-refractivity contribution is 7.09. The first kappa shape index (κ1) is 24.3. The Balaban J connectivity index is 1.72. The number of unbranched alkanes of at least 4 members (excludes halogenated alkanes) is 14. The van der Waals surface area contributed by atoms with Crippen LogP contribution in [0.3, 0.4) is 0 Å². The third-order valence-corrected chi connectivity index (χ3v) is 6.72. The molecule has 2 aromatic rings. The van der Waals surface area contributed by atoms with Gasteiger partial charge in [-0.3, -0.25) is 0 Å². The van der Waals surface area contributed by atoms with Gasteiger partial charge in [0.2, 0.25) is 0 Å². The summed E-state index contributed by atoms with van der Waals surface area (Å²) >= 11 is 1.73. The number of hydrogen-bond donors (Lipinski definition) is 0. The summed E-state index contributed by atoms with van der Waals surface area (Å²) in [5.74, 6) is 0. The van der Waals surface area contributed by atoms with Crippen LogP contribution in [0.25, 0.3) is 11.0 Å². The summed E-state index contributed by atoms with van der Waals surface area (Å²) in [5, 5.41) is 4.30. The SMILES string of the molecule is CCCCCCCCCCc1nc2cscc2nc1CCCCCCCCCC. The zero-order chi connectivity index (χ0) is 20.6. The highest BCUT2D eigenvalue weighted by atomic mass is 32.1. The fourth-order valence-electron chi connectivity index (χ4n) is 4.12. The minimum absolute atomic E-state index is 1.10. The minimum Gasteiger partial charge on any atom is -0.248 e. The number of thiophene rings is 1. The first-order valence-corrected chi connectivity index (χ1v) is 13.5.